The van der Waals surface area contributed by atoms with Crippen LogP contribution in [0.1, 0.15) is 22.3 Å². The molecule has 1 saturated heterocycles. The highest BCUT2D eigenvalue weighted by Gasteiger charge is 2.33. The van der Waals surface area contributed by atoms with Gasteiger partial charge in [0.15, 0.2) is 22.4 Å². The second kappa shape index (κ2) is 11.1. The van der Waals surface area contributed by atoms with Crippen molar-refractivity contribution >= 4 is 57.6 Å². The summed E-state index contributed by atoms with van der Waals surface area (Å²) in [5.41, 5.74) is 5.07. The highest BCUT2D eigenvalue weighted by molar-refractivity contribution is 8.27. The molecule has 37 heavy (non-hydrogen) atoms. The van der Waals surface area contributed by atoms with Crippen LogP contribution in [0.4, 0.5) is 15.8 Å². The lowest BCUT2D eigenvalue weighted by Gasteiger charge is -2.14. The third-order valence-corrected chi connectivity index (χ3v) is 6.97. The first kappa shape index (κ1) is 26.4. The van der Waals surface area contributed by atoms with Gasteiger partial charge in [0.05, 0.1) is 17.7 Å². The average Bonchev–Trinajstić information content (AvgIpc) is 3.13. The van der Waals surface area contributed by atoms with Gasteiger partial charge in [-0.05, 0) is 79.9 Å². The second-order valence-corrected chi connectivity index (χ2v) is 10.2. The average molecular weight is 537 g/mol. The summed E-state index contributed by atoms with van der Waals surface area (Å²) in [4.78, 5) is 27.3. The van der Waals surface area contributed by atoms with E-state index in [1.807, 2.05) is 32.9 Å². The smallest absolute Gasteiger partial charge is 0.270 e. The number of nitrogens with one attached hydrogen (secondary N) is 1. The SMILES string of the molecule is COc1cc(/C=C2\SC(=S)N(c3ccc(F)cc3)C2=O)ccc1OCC(=O)Nc1c(C)cc(C)cc1C. The highest BCUT2D eigenvalue weighted by atomic mass is 32.2. The number of thioether (sulfide) groups is 1. The van der Waals surface area contributed by atoms with Crippen molar-refractivity contribution in [3.8, 4) is 11.5 Å². The zero-order valence-electron chi connectivity index (χ0n) is 20.8. The van der Waals surface area contributed by atoms with Gasteiger partial charge in [0.25, 0.3) is 11.8 Å². The molecule has 3 aromatic rings. The molecule has 1 N–H and O–H groups in total. The zero-order valence-corrected chi connectivity index (χ0v) is 22.4. The van der Waals surface area contributed by atoms with E-state index in [1.165, 1.54) is 36.3 Å². The Morgan fingerprint density at radius 2 is 1.73 bits per heavy atom. The Bertz CT molecular complexity index is 1400. The molecule has 4 rings (SSSR count). The Balaban J connectivity index is 1.45. The molecule has 0 radical (unpaired) electrons. The van der Waals surface area contributed by atoms with Gasteiger partial charge < -0.3 is 14.8 Å². The number of ether oxygens (including phenoxy) is 2. The Kier molecular flexibility index (Phi) is 7.94. The summed E-state index contributed by atoms with van der Waals surface area (Å²) < 4.78 is 24.8. The van der Waals surface area contributed by atoms with Crippen LogP contribution in [0.2, 0.25) is 0 Å². The molecule has 0 saturated carbocycles. The topological polar surface area (TPSA) is 67.9 Å². The van der Waals surface area contributed by atoms with Crippen LogP contribution in [0.3, 0.4) is 0 Å². The molecule has 0 unspecified atom stereocenters. The minimum absolute atomic E-state index is 0.196. The Labute approximate surface area is 224 Å². The quantitative estimate of drug-likeness (QED) is 0.287. The molecule has 0 aromatic heterocycles. The summed E-state index contributed by atoms with van der Waals surface area (Å²) in [5.74, 6) is -0.161. The van der Waals surface area contributed by atoms with E-state index in [2.05, 4.69) is 5.32 Å². The lowest BCUT2D eigenvalue weighted by Crippen LogP contribution is -2.27. The van der Waals surface area contributed by atoms with Gasteiger partial charge in [-0.2, -0.15) is 0 Å². The van der Waals surface area contributed by atoms with E-state index in [0.717, 1.165) is 34.1 Å². The summed E-state index contributed by atoms with van der Waals surface area (Å²) in [6, 6.07) is 14.8. The summed E-state index contributed by atoms with van der Waals surface area (Å²) in [6.45, 7) is 5.72. The number of benzene rings is 3. The highest BCUT2D eigenvalue weighted by Crippen LogP contribution is 2.37. The molecule has 190 valence electrons. The number of aryl methyl sites for hydroxylation is 3. The molecule has 0 aliphatic carbocycles. The van der Waals surface area contributed by atoms with Crippen LogP contribution in [0.25, 0.3) is 6.08 Å². The Morgan fingerprint density at radius 1 is 1.05 bits per heavy atom. The first-order valence-corrected chi connectivity index (χ1v) is 12.6. The summed E-state index contributed by atoms with van der Waals surface area (Å²) in [5, 5.41) is 2.91. The van der Waals surface area contributed by atoms with Crippen LogP contribution < -0.4 is 19.7 Å². The molecule has 1 aliphatic rings. The molecular weight excluding hydrogens is 511 g/mol. The maximum Gasteiger partial charge on any atom is 0.270 e. The van der Waals surface area contributed by atoms with Gasteiger partial charge in [0.2, 0.25) is 0 Å². The minimum atomic E-state index is -0.392. The van der Waals surface area contributed by atoms with Crippen molar-refractivity contribution in [2.24, 2.45) is 0 Å². The first-order valence-electron chi connectivity index (χ1n) is 11.4. The Morgan fingerprint density at radius 3 is 2.38 bits per heavy atom. The van der Waals surface area contributed by atoms with Gasteiger partial charge in [0.1, 0.15) is 5.82 Å². The Hall–Kier alpha value is -3.69. The van der Waals surface area contributed by atoms with E-state index < -0.39 is 5.82 Å². The largest absolute Gasteiger partial charge is 0.493 e. The number of nitrogens with zero attached hydrogens (tertiary/aromatic N) is 1. The van der Waals surface area contributed by atoms with Crippen LogP contribution in [0.5, 0.6) is 11.5 Å². The predicted molar refractivity (Wildman–Crippen MR) is 150 cm³/mol. The van der Waals surface area contributed by atoms with Crippen molar-refractivity contribution in [2.45, 2.75) is 20.8 Å². The van der Waals surface area contributed by atoms with Crippen LogP contribution in [0, 0.1) is 26.6 Å². The number of hydrogen-bond donors (Lipinski definition) is 1. The van der Waals surface area contributed by atoms with Crippen molar-refractivity contribution in [2.75, 3.05) is 23.9 Å². The van der Waals surface area contributed by atoms with Crippen molar-refractivity contribution in [1.82, 2.24) is 0 Å². The van der Waals surface area contributed by atoms with E-state index >= 15 is 0 Å². The van der Waals surface area contributed by atoms with E-state index in [0.29, 0.717) is 32.0 Å². The third kappa shape index (κ3) is 6.00. The number of carbonyl (C=O) groups excluding carboxylic acids is 2. The molecule has 1 heterocycles. The summed E-state index contributed by atoms with van der Waals surface area (Å²) in [7, 11) is 1.50. The van der Waals surface area contributed by atoms with E-state index in [1.54, 1.807) is 24.3 Å². The van der Waals surface area contributed by atoms with Crippen molar-refractivity contribution in [3.63, 3.8) is 0 Å². The van der Waals surface area contributed by atoms with Gasteiger partial charge in [0, 0.05) is 5.69 Å². The molecule has 6 nitrogen and oxygen atoms in total. The lowest BCUT2D eigenvalue weighted by molar-refractivity contribution is -0.118. The minimum Gasteiger partial charge on any atom is -0.493 e. The van der Waals surface area contributed by atoms with Crippen molar-refractivity contribution in [1.29, 1.82) is 0 Å². The fourth-order valence-corrected chi connectivity index (χ4v) is 5.32. The standard InChI is InChI=1S/C28H25FN2O4S2/c1-16-11-17(2)26(18(3)12-16)30-25(32)15-35-22-10-5-19(13-23(22)34-4)14-24-27(33)31(28(36)37-24)21-8-6-20(29)7-9-21/h5-14H,15H2,1-4H3,(H,30,32)/b24-14-. The van der Waals surface area contributed by atoms with Crippen molar-refractivity contribution in [3.05, 3.63) is 87.6 Å². The maximum atomic E-state index is 13.3. The number of amides is 2. The number of methoxy groups -OCH3 is 1. The van der Waals surface area contributed by atoms with Crippen LogP contribution >= 0.6 is 24.0 Å². The fraction of sp³-hybridized carbons (Fsp3) is 0.179. The molecule has 1 aliphatic heterocycles. The number of rotatable bonds is 7. The van der Waals surface area contributed by atoms with E-state index in [9.17, 15) is 14.0 Å². The van der Waals surface area contributed by atoms with Gasteiger partial charge in [-0.3, -0.25) is 14.5 Å². The maximum absolute atomic E-state index is 13.3. The summed E-state index contributed by atoms with van der Waals surface area (Å²) in [6.07, 6.45) is 1.70. The van der Waals surface area contributed by atoms with Crippen LogP contribution in [-0.4, -0.2) is 29.9 Å². The summed E-state index contributed by atoms with van der Waals surface area (Å²) >= 11 is 6.54. The molecule has 0 atom stereocenters. The predicted octanol–water partition coefficient (Wildman–Crippen LogP) is 6.18. The van der Waals surface area contributed by atoms with Gasteiger partial charge in [-0.15, -0.1) is 0 Å². The number of halogens is 1. The van der Waals surface area contributed by atoms with Gasteiger partial charge >= 0.3 is 0 Å². The normalized spacial score (nSPS) is 14.3. The van der Waals surface area contributed by atoms with E-state index in [-0.39, 0.29) is 18.4 Å². The van der Waals surface area contributed by atoms with Crippen molar-refractivity contribution < 1.29 is 23.5 Å². The molecule has 0 spiro atoms. The molecule has 0 bridgehead atoms. The zero-order chi connectivity index (χ0) is 26.7. The number of anilines is 2. The fourth-order valence-electron chi connectivity index (χ4n) is 4.02. The number of hydrogen-bond acceptors (Lipinski definition) is 6. The van der Waals surface area contributed by atoms with Gasteiger partial charge in [-0.1, -0.05) is 47.7 Å². The molecular formula is C28H25FN2O4S2. The monoisotopic (exact) mass is 536 g/mol. The third-order valence-electron chi connectivity index (χ3n) is 5.66. The van der Waals surface area contributed by atoms with Crippen LogP contribution in [-0.2, 0) is 9.59 Å². The number of thiocarbonyl (C=S) groups is 1. The second-order valence-electron chi connectivity index (χ2n) is 8.51. The number of carbonyl (C=O) groups is 2. The molecule has 2 amide bonds. The molecule has 1 fully saturated rings. The molecule has 3 aromatic carbocycles. The lowest BCUT2D eigenvalue weighted by atomic mass is 10.1. The van der Waals surface area contributed by atoms with Crippen LogP contribution in [0.15, 0.2) is 59.5 Å². The molecule has 9 heteroatoms. The van der Waals surface area contributed by atoms with E-state index in [4.69, 9.17) is 21.7 Å². The van der Waals surface area contributed by atoms with Gasteiger partial charge in [-0.25, -0.2) is 4.39 Å². The first-order chi connectivity index (χ1) is 17.7.